The van der Waals surface area contributed by atoms with Crippen molar-refractivity contribution in [3.8, 4) is 107 Å². The molecule has 0 aliphatic rings. The summed E-state index contributed by atoms with van der Waals surface area (Å²) in [6.45, 7) is 0. The van der Waals surface area contributed by atoms with Crippen LogP contribution in [0.4, 0.5) is 0 Å². The number of fused-ring (bicyclic) bond motifs is 16. The second kappa shape index (κ2) is 30.5. The summed E-state index contributed by atoms with van der Waals surface area (Å²) in [6.07, 6.45) is 26.0. The molecule has 0 N–H and O–H groups in total. The standard InChI is InChI=1S/2C36H23N5.C35H22N4/c1-2-8-30-24(5-1)10-15-34-36(30)31-19-25(32-13-9-28(22-39-32)26-6-3-17-37-20-26)11-14-33(31)41(34)35-16-12-29(23-40-35)27-7-4-18-38-21-27;1-2-8-29-24(6-1)11-16-34-36(29)30-20-25(27-10-14-32(39-22-27)31-9-3-4-19-38-31)12-15-33(30)41(34)35-17-13-28(23-40-35)26-7-5-18-37-21-26;1-3-9-28-23(6-1)12-17-33-35(28)29-20-25(31-15-11-24-7-2-4-10-30(24)38-31)13-16-32(29)39(33)34-18-14-27(22-37-34)26-8-5-19-36-21-26/h2*1-23H;1-22H. The third kappa shape index (κ3) is 13.1. The molecule has 0 saturated heterocycles. The van der Waals surface area contributed by atoms with Crippen molar-refractivity contribution in [1.82, 2.24) is 68.5 Å². The molecular formula is C107H68N14. The van der Waals surface area contributed by atoms with Crippen LogP contribution in [0, 0.1) is 0 Å². The van der Waals surface area contributed by atoms with E-state index in [0.717, 1.165) is 151 Å². The van der Waals surface area contributed by atoms with Gasteiger partial charge in [0.1, 0.15) is 17.5 Å². The molecular weight excluding hydrogens is 1480 g/mol. The van der Waals surface area contributed by atoms with Crippen LogP contribution in [-0.4, -0.2) is 68.5 Å². The van der Waals surface area contributed by atoms with Gasteiger partial charge in [-0.2, -0.15) is 0 Å². The maximum Gasteiger partial charge on any atom is 0.137 e. The summed E-state index contributed by atoms with van der Waals surface area (Å²) in [6, 6.07) is 114. The van der Waals surface area contributed by atoms with Gasteiger partial charge < -0.3 is 0 Å². The lowest BCUT2D eigenvalue weighted by atomic mass is 10.0. The van der Waals surface area contributed by atoms with Crippen LogP contribution in [0.15, 0.2) is 414 Å². The zero-order chi connectivity index (χ0) is 80.1. The second-order valence-electron chi connectivity index (χ2n) is 29.9. The summed E-state index contributed by atoms with van der Waals surface area (Å²) in [4.78, 5) is 50.7. The van der Waals surface area contributed by atoms with Crippen molar-refractivity contribution in [3.63, 3.8) is 0 Å². The van der Waals surface area contributed by atoms with Crippen molar-refractivity contribution in [2.75, 3.05) is 0 Å². The summed E-state index contributed by atoms with van der Waals surface area (Å²) in [5.41, 5.74) is 24.1. The van der Waals surface area contributed by atoms with E-state index in [2.05, 4.69) is 299 Å². The number of benzene rings is 10. The second-order valence-corrected chi connectivity index (χ2v) is 29.9. The molecule has 0 spiro atoms. The van der Waals surface area contributed by atoms with Gasteiger partial charge in [-0.3, -0.25) is 48.6 Å². The number of nitrogens with zero attached hydrogens (tertiary/aromatic N) is 14. The molecule has 0 bridgehead atoms. The molecule has 0 radical (unpaired) electrons. The Bertz CT molecular complexity index is 7690. The Morgan fingerprint density at radius 2 is 0.496 bits per heavy atom. The quantitative estimate of drug-likeness (QED) is 0.121. The van der Waals surface area contributed by atoms with Crippen LogP contribution in [0.25, 0.3) is 216 Å². The number of aromatic nitrogens is 14. The molecule has 0 unspecified atom stereocenters. The first-order valence-electron chi connectivity index (χ1n) is 40.1. The molecule has 24 aromatic rings. The molecule has 24 rings (SSSR count). The number of para-hydroxylation sites is 1. The van der Waals surface area contributed by atoms with E-state index in [-0.39, 0.29) is 0 Å². The molecule has 0 atom stereocenters. The molecule has 14 aromatic heterocycles. The average Bonchev–Trinajstić information content (AvgIpc) is 1.58. The highest BCUT2D eigenvalue weighted by atomic mass is 15.1. The zero-order valence-corrected chi connectivity index (χ0v) is 65.0. The van der Waals surface area contributed by atoms with Gasteiger partial charge in [0.15, 0.2) is 0 Å². The van der Waals surface area contributed by atoms with Crippen LogP contribution in [0.5, 0.6) is 0 Å². The van der Waals surface area contributed by atoms with Crippen molar-refractivity contribution in [3.05, 3.63) is 414 Å². The van der Waals surface area contributed by atoms with Crippen LogP contribution in [-0.2, 0) is 0 Å². The van der Waals surface area contributed by atoms with Gasteiger partial charge >= 0.3 is 0 Å². The third-order valence-electron chi connectivity index (χ3n) is 22.9. The Morgan fingerprint density at radius 1 is 0.174 bits per heavy atom. The Kier molecular flexibility index (Phi) is 17.9. The topological polar surface area (TPSA) is 157 Å². The van der Waals surface area contributed by atoms with E-state index in [0.29, 0.717) is 0 Å². The van der Waals surface area contributed by atoms with Gasteiger partial charge in [-0.05, 0) is 190 Å². The monoisotopic (exact) mass is 1550 g/mol. The molecule has 0 amide bonds. The first kappa shape index (κ1) is 70.9. The summed E-state index contributed by atoms with van der Waals surface area (Å²) in [5.74, 6) is 2.64. The molecule has 0 aliphatic heterocycles. The predicted octanol–water partition coefficient (Wildman–Crippen LogP) is 25.6. The molecule has 0 saturated carbocycles. The highest BCUT2D eigenvalue weighted by Gasteiger charge is 2.22. The van der Waals surface area contributed by atoms with Gasteiger partial charge in [0.2, 0.25) is 0 Å². The average molecular weight is 1550 g/mol. The highest BCUT2D eigenvalue weighted by molar-refractivity contribution is 6.24. The fraction of sp³-hybridized carbons (Fsp3) is 0. The lowest BCUT2D eigenvalue weighted by Crippen LogP contribution is -1.97. The molecule has 14 nitrogen and oxygen atoms in total. The lowest BCUT2D eigenvalue weighted by Gasteiger charge is -2.09. The first-order valence-corrected chi connectivity index (χ1v) is 40.1. The minimum atomic E-state index is 0.860. The molecule has 14 heterocycles. The number of pyridine rings is 11. The van der Waals surface area contributed by atoms with Crippen LogP contribution < -0.4 is 0 Å². The fourth-order valence-corrected chi connectivity index (χ4v) is 17.0. The summed E-state index contributed by atoms with van der Waals surface area (Å²) < 4.78 is 6.78. The van der Waals surface area contributed by atoms with Crippen molar-refractivity contribution in [1.29, 1.82) is 0 Å². The molecule has 14 heteroatoms. The minimum absolute atomic E-state index is 0.860. The number of hydrogen-bond acceptors (Lipinski definition) is 11. The van der Waals surface area contributed by atoms with E-state index >= 15 is 0 Å². The summed E-state index contributed by atoms with van der Waals surface area (Å²) in [5, 5.41) is 15.7. The predicted molar refractivity (Wildman–Crippen MR) is 492 cm³/mol. The van der Waals surface area contributed by atoms with Crippen LogP contribution in [0.2, 0.25) is 0 Å². The lowest BCUT2D eigenvalue weighted by molar-refractivity contribution is 1.08. The Hall–Kier alpha value is -16.7. The van der Waals surface area contributed by atoms with Crippen molar-refractivity contribution >= 4 is 109 Å². The van der Waals surface area contributed by atoms with E-state index in [1.54, 1.807) is 31.0 Å². The highest BCUT2D eigenvalue weighted by Crippen LogP contribution is 2.44. The maximum atomic E-state index is 4.97. The third-order valence-corrected chi connectivity index (χ3v) is 22.9. The Labute approximate surface area is 694 Å². The van der Waals surface area contributed by atoms with Gasteiger partial charge in [0.25, 0.3) is 0 Å². The molecule has 0 fully saturated rings. The Morgan fingerprint density at radius 3 is 0.893 bits per heavy atom. The van der Waals surface area contributed by atoms with Gasteiger partial charge in [-0.1, -0.05) is 176 Å². The molecule has 121 heavy (non-hydrogen) atoms. The van der Waals surface area contributed by atoms with Gasteiger partial charge in [0.05, 0.1) is 61.4 Å². The van der Waals surface area contributed by atoms with E-state index in [1.165, 1.54) is 64.6 Å². The molecule has 566 valence electrons. The summed E-state index contributed by atoms with van der Waals surface area (Å²) in [7, 11) is 0. The van der Waals surface area contributed by atoms with Gasteiger partial charge in [0, 0.05) is 186 Å². The van der Waals surface area contributed by atoms with Gasteiger partial charge in [-0.15, -0.1) is 0 Å². The number of rotatable bonds is 11. The number of hydrogen-bond donors (Lipinski definition) is 0. The summed E-state index contributed by atoms with van der Waals surface area (Å²) >= 11 is 0. The van der Waals surface area contributed by atoms with Crippen LogP contribution in [0.1, 0.15) is 0 Å². The largest absolute Gasteiger partial charge is 0.294 e. The molecule has 0 aliphatic carbocycles. The maximum absolute atomic E-state index is 4.97. The van der Waals surface area contributed by atoms with Crippen LogP contribution >= 0.6 is 0 Å². The molecule has 10 aromatic carbocycles. The van der Waals surface area contributed by atoms with Crippen molar-refractivity contribution in [2.24, 2.45) is 0 Å². The minimum Gasteiger partial charge on any atom is -0.294 e. The first-order chi connectivity index (χ1) is 60.0. The van der Waals surface area contributed by atoms with E-state index in [1.807, 2.05) is 123 Å². The van der Waals surface area contributed by atoms with Crippen molar-refractivity contribution in [2.45, 2.75) is 0 Å². The Balaban J connectivity index is 0.000000109. The van der Waals surface area contributed by atoms with E-state index in [9.17, 15) is 0 Å². The fourth-order valence-electron chi connectivity index (χ4n) is 17.0. The van der Waals surface area contributed by atoms with Crippen molar-refractivity contribution < 1.29 is 0 Å². The normalized spacial score (nSPS) is 11.5. The van der Waals surface area contributed by atoms with Gasteiger partial charge in [-0.25, -0.2) is 19.9 Å². The smallest absolute Gasteiger partial charge is 0.137 e. The van der Waals surface area contributed by atoms with E-state index in [4.69, 9.17) is 29.9 Å². The van der Waals surface area contributed by atoms with Crippen LogP contribution in [0.3, 0.4) is 0 Å². The van der Waals surface area contributed by atoms with E-state index < -0.39 is 0 Å². The SMILES string of the molecule is c1ccc(-c2ccc(-c3ccc4c(c3)c3c5ccccc5ccc3n4-c3ccc(-c4cccnc4)cn3)cn2)nc1.c1cncc(-c2ccc(-c3ccc4c(c3)c3c5ccccc5ccc3n4-c3ccc(-c4cccnc4)cn3)nc2)c1.c1cncc(-c2ccc(-n3c4ccc(-c5ccc6ccccc6n5)cc4c4c5ccccc5ccc43)nc2)c1. The zero-order valence-electron chi connectivity index (χ0n) is 65.0.